The summed E-state index contributed by atoms with van der Waals surface area (Å²) in [7, 11) is -4.89. The van der Waals surface area contributed by atoms with Gasteiger partial charge >= 0.3 is 29.6 Å². The molecule has 8 heteroatoms. The van der Waals surface area contributed by atoms with E-state index in [-0.39, 0.29) is 35.0 Å². The Morgan fingerprint density at radius 2 is 1.50 bits per heavy atom. The van der Waals surface area contributed by atoms with Gasteiger partial charge in [-0.05, 0) is 0 Å². The molecule has 0 aliphatic rings. The molecule has 0 atom stereocenters. The quantitative estimate of drug-likeness (QED) is 0.271. The van der Waals surface area contributed by atoms with Crippen molar-refractivity contribution in [3.63, 3.8) is 0 Å². The molecule has 0 saturated carbocycles. The van der Waals surface area contributed by atoms with E-state index in [4.69, 9.17) is 19.2 Å². The Labute approximate surface area is 92.4 Å². The van der Waals surface area contributed by atoms with Crippen LogP contribution in [0.4, 0.5) is 0 Å². The molecule has 0 aromatic rings. The van der Waals surface area contributed by atoms with Crippen molar-refractivity contribution in [1.29, 1.82) is 0 Å². The number of phosphoric acid groups is 1. The molecule has 0 unspecified atom stereocenters. The van der Waals surface area contributed by atoms with Gasteiger partial charge in [-0.3, -0.25) is 4.57 Å². The molecule has 0 bridgehead atoms. The Morgan fingerprint density at radius 1 is 1.33 bits per heavy atom. The van der Waals surface area contributed by atoms with Crippen LogP contribution in [-0.4, -0.2) is 15.3 Å². The Bertz CT molecular complexity index is 128. The second-order valence-corrected chi connectivity index (χ2v) is 1.94. The second-order valence-electron chi connectivity index (χ2n) is 0.960. The third kappa shape index (κ3) is 164. The van der Waals surface area contributed by atoms with Crippen molar-refractivity contribution in [3.8, 4) is 0 Å². The zero-order chi connectivity index (χ0) is 8.62. The maximum absolute atomic E-state index is 8.77. The van der Waals surface area contributed by atoms with Crippen molar-refractivity contribution >= 4 is 7.82 Å². The largest absolute Gasteiger partial charge is 1.00 e. The van der Waals surface area contributed by atoms with Gasteiger partial charge in [0.25, 0.3) is 7.82 Å². The van der Waals surface area contributed by atoms with Gasteiger partial charge < -0.3 is 24.9 Å². The van der Waals surface area contributed by atoms with Gasteiger partial charge in [0.2, 0.25) is 0 Å². The molecule has 12 heavy (non-hydrogen) atoms. The van der Waals surface area contributed by atoms with Crippen molar-refractivity contribution in [2.45, 2.75) is 0 Å². The smallest absolute Gasteiger partial charge is 0.756 e. The van der Waals surface area contributed by atoms with Gasteiger partial charge in [-0.25, -0.2) is 0 Å². The third-order valence-corrected chi connectivity index (χ3v) is 0.192. The number of hydrogen-bond acceptors (Lipinski definition) is 3. The molecule has 0 radical (unpaired) electrons. The predicted molar refractivity (Wildman–Crippen MR) is 37.1 cm³/mol. The molecule has 68 valence electrons. The van der Waals surface area contributed by atoms with Crippen molar-refractivity contribution in [2.24, 2.45) is 0 Å². The minimum absolute atomic E-state index is 0. The van der Waals surface area contributed by atoms with Gasteiger partial charge in [-0.2, -0.15) is 0 Å². The summed E-state index contributed by atoms with van der Waals surface area (Å²) >= 11 is 0. The van der Waals surface area contributed by atoms with E-state index in [1.54, 1.807) is 0 Å². The van der Waals surface area contributed by atoms with E-state index in [2.05, 4.69) is 17.9 Å². The Morgan fingerprint density at radius 3 is 1.50 bits per heavy atom. The second kappa shape index (κ2) is 13.9. The molecular formula is C4H10NaO6P. The summed E-state index contributed by atoms with van der Waals surface area (Å²) in [4.78, 5) is 22.9. The van der Waals surface area contributed by atoms with Crippen molar-refractivity contribution < 1.29 is 59.0 Å². The maximum atomic E-state index is 8.77. The summed E-state index contributed by atoms with van der Waals surface area (Å²) in [6, 6.07) is 0. The van der Waals surface area contributed by atoms with Gasteiger partial charge in [0.15, 0.2) is 0 Å². The zero-order valence-electron chi connectivity index (χ0n) is 6.64. The summed E-state index contributed by atoms with van der Waals surface area (Å²) in [5.74, 6) is 0. The van der Waals surface area contributed by atoms with Gasteiger partial charge in [0.1, 0.15) is 0 Å². The molecule has 0 aliphatic heterocycles. The molecule has 0 saturated heterocycles. The molecule has 4 N–H and O–H groups in total. The van der Waals surface area contributed by atoms with E-state index in [0.29, 0.717) is 0 Å². The molecule has 0 heterocycles. The summed E-state index contributed by atoms with van der Waals surface area (Å²) < 4.78 is 13.1. The van der Waals surface area contributed by atoms with E-state index < -0.39 is 7.82 Å². The molecule has 0 spiro atoms. The van der Waals surface area contributed by atoms with Crippen molar-refractivity contribution in [2.75, 3.05) is 0 Å². The first-order chi connectivity index (χ1) is 4.41. The van der Waals surface area contributed by atoms with Crippen LogP contribution in [0, 0.1) is 0 Å². The fraction of sp³-hybridized carbons (Fsp3) is 0. The molecule has 6 nitrogen and oxygen atoms in total. The normalized spacial score (nSPS) is 7.25. The van der Waals surface area contributed by atoms with E-state index >= 15 is 0 Å². The average molecular weight is 208 g/mol. The topological polar surface area (TPSA) is 121 Å². The van der Waals surface area contributed by atoms with Crippen LogP contribution in [-0.2, 0) is 9.30 Å². The van der Waals surface area contributed by atoms with Crippen LogP contribution in [0.25, 0.3) is 0 Å². The molecular weight excluding hydrogens is 198 g/mol. The van der Waals surface area contributed by atoms with Crippen LogP contribution in [0.3, 0.4) is 0 Å². The van der Waals surface area contributed by atoms with Crippen LogP contribution < -0.4 is 34.5 Å². The number of rotatable bonds is 2. The molecule has 0 rings (SSSR count). The first-order valence-corrected chi connectivity index (χ1v) is 3.58. The van der Waals surface area contributed by atoms with E-state index in [1.165, 1.54) is 12.5 Å². The Balaban J connectivity index is -0.0000000457. The fourth-order valence-corrected chi connectivity index (χ4v) is 0.0680. The van der Waals surface area contributed by atoms with Crippen LogP contribution in [0.15, 0.2) is 25.7 Å². The summed E-state index contributed by atoms with van der Waals surface area (Å²) in [5, 5.41) is 0. The predicted octanol–water partition coefficient (Wildman–Crippen LogP) is -4.09. The van der Waals surface area contributed by atoms with E-state index in [0.717, 1.165) is 0 Å². The molecule has 0 aromatic carbocycles. The van der Waals surface area contributed by atoms with Crippen molar-refractivity contribution in [1.82, 2.24) is 0 Å². The van der Waals surface area contributed by atoms with E-state index in [9.17, 15) is 0 Å². The first kappa shape index (κ1) is 22.8. The molecule has 0 aliphatic carbocycles. The Hall–Kier alpha value is 0.350. The molecule has 0 amide bonds. The minimum atomic E-state index is -4.89. The Kier molecular flexibility index (Phi) is 26.4. The van der Waals surface area contributed by atoms with Gasteiger partial charge in [0, 0.05) is 0 Å². The summed E-state index contributed by atoms with van der Waals surface area (Å²) in [6.45, 7) is 6.51. The number of ether oxygens (including phenoxy) is 1. The summed E-state index contributed by atoms with van der Waals surface area (Å²) in [6.07, 6.45) is 2.62. The minimum Gasteiger partial charge on any atom is -0.756 e. The molecule has 0 aromatic heterocycles. The van der Waals surface area contributed by atoms with Gasteiger partial charge in [0.05, 0.1) is 12.5 Å². The van der Waals surface area contributed by atoms with Crippen LogP contribution >= 0.6 is 7.82 Å². The maximum Gasteiger partial charge on any atom is 1.00 e. The van der Waals surface area contributed by atoms with Crippen LogP contribution in [0.2, 0.25) is 0 Å². The SMILES string of the molecule is C=COC=C.O.O=P([O-])(O)O.[Na+]. The standard InChI is InChI=1S/C4H6O.Na.H3O4P.H2O/c1-3-5-4-2;;1-5(2,3)4;/h3-4H,1-2H2;;(H3,1,2,3,4);1H2/q;+1;;/p-1. The third-order valence-electron chi connectivity index (χ3n) is 0.192. The first-order valence-electron chi connectivity index (χ1n) is 2.05. The van der Waals surface area contributed by atoms with Gasteiger partial charge in [-0.15, -0.1) is 0 Å². The average Bonchev–Trinajstić information content (AvgIpc) is 1.63. The van der Waals surface area contributed by atoms with Crippen LogP contribution in [0.1, 0.15) is 0 Å². The number of hydrogen-bond donors (Lipinski definition) is 2. The molecule has 0 fully saturated rings. The van der Waals surface area contributed by atoms with Crippen molar-refractivity contribution in [3.05, 3.63) is 25.7 Å². The summed E-state index contributed by atoms with van der Waals surface area (Å²) in [5.41, 5.74) is 0. The monoisotopic (exact) mass is 208 g/mol. The van der Waals surface area contributed by atoms with Crippen LogP contribution in [0.5, 0.6) is 0 Å². The van der Waals surface area contributed by atoms with Gasteiger partial charge in [-0.1, -0.05) is 13.2 Å². The fourth-order valence-electron chi connectivity index (χ4n) is 0.0680. The zero-order valence-corrected chi connectivity index (χ0v) is 9.53. The van der Waals surface area contributed by atoms with E-state index in [1.807, 2.05) is 0 Å².